The monoisotopic (exact) mass is 299 g/mol. The number of anilines is 1. The summed E-state index contributed by atoms with van der Waals surface area (Å²) in [7, 11) is 1.61. The Balaban J connectivity index is 1.78. The molecule has 3 rings (SSSR count). The molecule has 116 valence electrons. The van der Waals surface area contributed by atoms with E-state index in [1.165, 1.54) is 12.8 Å². The minimum absolute atomic E-state index is 0.123. The fraction of sp³-hybridized carbons (Fsp3) is 0.412. The van der Waals surface area contributed by atoms with Gasteiger partial charge in [-0.15, -0.1) is 0 Å². The highest BCUT2D eigenvalue weighted by Gasteiger charge is 2.21. The molecule has 1 saturated carbocycles. The molecule has 22 heavy (non-hydrogen) atoms. The first kappa shape index (κ1) is 14.6. The number of benzene rings is 1. The number of nitrogens with one attached hydrogen (secondary N) is 1. The highest BCUT2D eigenvalue weighted by molar-refractivity contribution is 6.03. The van der Waals surface area contributed by atoms with Crippen molar-refractivity contribution in [2.45, 2.75) is 38.6 Å². The molecule has 1 amide bonds. The van der Waals surface area contributed by atoms with E-state index < -0.39 is 0 Å². The van der Waals surface area contributed by atoms with Crippen LogP contribution in [0.1, 0.15) is 47.8 Å². The number of ether oxygens (including phenoxy) is 1. The van der Waals surface area contributed by atoms with Gasteiger partial charge in [0.05, 0.1) is 18.8 Å². The first-order valence-electron chi connectivity index (χ1n) is 7.69. The van der Waals surface area contributed by atoms with Crippen LogP contribution in [0.15, 0.2) is 30.3 Å². The van der Waals surface area contributed by atoms with Gasteiger partial charge in [0.25, 0.3) is 5.91 Å². The molecule has 0 atom stereocenters. The van der Waals surface area contributed by atoms with Gasteiger partial charge >= 0.3 is 0 Å². The third-order valence-corrected chi connectivity index (χ3v) is 4.12. The molecule has 0 spiro atoms. The number of amides is 1. The van der Waals surface area contributed by atoms with Crippen molar-refractivity contribution >= 4 is 11.7 Å². The predicted molar refractivity (Wildman–Crippen MR) is 85.4 cm³/mol. The van der Waals surface area contributed by atoms with Crippen LogP contribution in [0.25, 0.3) is 0 Å². The second-order valence-electron chi connectivity index (χ2n) is 5.74. The van der Waals surface area contributed by atoms with Gasteiger partial charge in [0.15, 0.2) is 0 Å². The molecule has 1 N–H and O–H groups in total. The summed E-state index contributed by atoms with van der Waals surface area (Å²) in [5, 5.41) is 7.53. The Bertz CT molecular complexity index is 655. The van der Waals surface area contributed by atoms with Crippen molar-refractivity contribution < 1.29 is 9.53 Å². The molecule has 1 heterocycles. The van der Waals surface area contributed by atoms with E-state index in [9.17, 15) is 4.79 Å². The number of carbonyl (C=O) groups excluding carboxylic acids is 1. The molecule has 0 unspecified atom stereocenters. The van der Waals surface area contributed by atoms with E-state index in [2.05, 4.69) is 10.4 Å². The molecular weight excluding hydrogens is 278 g/mol. The zero-order valence-corrected chi connectivity index (χ0v) is 13.0. The summed E-state index contributed by atoms with van der Waals surface area (Å²) >= 11 is 0. The van der Waals surface area contributed by atoms with Crippen LogP contribution in [-0.2, 0) is 0 Å². The fourth-order valence-corrected chi connectivity index (χ4v) is 2.97. The second kappa shape index (κ2) is 6.22. The molecule has 0 aliphatic heterocycles. The van der Waals surface area contributed by atoms with Gasteiger partial charge in [-0.05, 0) is 44.0 Å². The van der Waals surface area contributed by atoms with E-state index in [1.807, 2.05) is 17.7 Å². The predicted octanol–water partition coefficient (Wildman–Crippen LogP) is 3.57. The van der Waals surface area contributed by atoms with Gasteiger partial charge in [-0.2, -0.15) is 5.10 Å². The summed E-state index contributed by atoms with van der Waals surface area (Å²) in [6.07, 6.45) is 4.73. The average Bonchev–Trinajstić information content (AvgIpc) is 3.17. The van der Waals surface area contributed by atoms with Gasteiger partial charge in [-0.1, -0.05) is 12.8 Å². The van der Waals surface area contributed by atoms with Crippen molar-refractivity contribution in [3.8, 4) is 5.75 Å². The summed E-state index contributed by atoms with van der Waals surface area (Å²) in [5.41, 5.74) is 1.54. The third kappa shape index (κ3) is 2.98. The Morgan fingerprint density at radius 3 is 2.59 bits per heavy atom. The van der Waals surface area contributed by atoms with Gasteiger partial charge in [0.2, 0.25) is 0 Å². The van der Waals surface area contributed by atoms with Crippen LogP contribution in [0.4, 0.5) is 5.82 Å². The number of nitrogens with zero attached hydrogens (tertiary/aromatic N) is 2. The molecule has 0 bridgehead atoms. The van der Waals surface area contributed by atoms with Gasteiger partial charge in [-0.25, -0.2) is 4.68 Å². The van der Waals surface area contributed by atoms with Gasteiger partial charge in [0, 0.05) is 11.6 Å². The fourth-order valence-electron chi connectivity index (χ4n) is 2.97. The Labute approximate surface area is 130 Å². The molecule has 1 aromatic heterocycles. The maximum absolute atomic E-state index is 12.4. The van der Waals surface area contributed by atoms with E-state index in [0.717, 1.165) is 30.1 Å². The topological polar surface area (TPSA) is 56.1 Å². The zero-order chi connectivity index (χ0) is 15.5. The number of aromatic nitrogens is 2. The van der Waals surface area contributed by atoms with Crippen LogP contribution < -0.4 is 10.1 Å². The summed E-state index contributed by atoms with van der Waals surface area (Å²) in [6, 6.07) is 9.43. The zero-order valence-electron chi connectivity index (χ0n) is 13.0. The number of carbonyl (C=O) groups is 1. The number of hydrogen-bond acceptors (Lipinski definition) is 3. The van der Waals surface area contributed by atoms with Crippen LogP contribution in [0, 0.1) is 6.92 Å². The van der Waals surface area contributed by atoms with Crippen LogP contribution >= 0.6 is 0 Å². The molecule has 1 aliphatic rings. The Morgan fingerprint density at radius 2 is 1.95 bits per heavy atom. The van der Waals surface area contributed by atoms with Crippen molar-refractivity contribution in [3.63, 3.8) is 0 Å². The smallest absolute Gasteiger partial charge is 0.256 e. The highest BCUT2D eigenvalue weighted by atomic mass is 16.5. The SMILES string of the molecule is COc1ccc(C(=O)Nc2cc(C)nn2C2CCCC2)cc1. The van der Waals surface area contributed by atoms with E-state index in [4.69, 9.17) is 4.74 Å². The van der Waals surface area contributed by atoms with Gasteiger partial charge < -0.3 is 10.1 Å². The van der Waals surface area contributed by atoms with Crippen LogP contribution in [-0.4, -0.2) is 22.8 Å². The third-order valence-electron chi connectivity index (χ3n) is 4.12. The maximum Gasteiger partial charge on any atom is 0.256 e. The lowest BCUT2D eigenvalue weighted by Crippen LogP contribution is -2.17. The summed E-state index contributed by atoms with van der Waals surface area (Å²) in [4.78, 5) is 12.4. The van der Waals surface area contributed by atoms with Gasteiger partial charge in [-0.3, -0.25) is 4.79 Å². The summed E-state index contributed by atoms with van der Waals surface area (Å²) < 4.78 is 7.09. The summed E-state index contributed by atoms with van der Waals surface area (Å²) in [5.74, 6) is 1.40. The lowest BCUT2D eigenvalue weighted by atomic mass is 10.2. The lowest BCUT2D eigenvalue weighted by Gasteiger charge is -2.14. The molecule has 1 aromatic carbocycles. The number of rotatable bonds is 4. The normalized spacial score (nSPS) is 15.0. The van der Waals surface area contributed by atoms with Gasteiger partial charge in [0.1, 0.15) is 11.6 Å². The molecular formula is C17H21N3O2. The Kier molecular flexibility index (Phi) is 4.13. The first-order chi connectivity index (χ1) is 10.7. The molecule has 0 saturated heterocycles. The summed E-state index contributed by atoms with van der Waals surface area (Å²) in [6.45, 7) is 1.95. The minimum atomic E-state index is -0.123. The Hall–Kier alpha value is -2.30. The van der Waals surface area contributed by atoms with Crippen molar-refractivity contribution in [1.29, 1.82) is 0 Å². The van der Waals surface area contributed by atoms with E-state index in [1.54, 1.807) is 31.4 Å². The molecule has 0 radical (unpaired) electrons. The van der Waals surface area contributed by atoms with E-state index >= 15 is 0 Å². The van der Waals surface area contributed by atoms with Crippen LogP contribution in [0.3, 0.4) is 0 Å². The largest absolute Gasteiger partial charge is 0.497 e. The van der Waals surface area contributed by atoms with Crippen LogP contribution in [0.5, 0.6) is 5.75 Å². The lowest BCUT2D eigenvalue weighted by molar-refractivity contribution is 0.102. The Morgan fingerprint density at radius 1 is 1.27 bits per heavy atom. The molecule has 1 fully saturated rings. The number of hydrogen-bond donors (Lipinski definition) is 1. The van der Waals surface area contributed by atoms with Crippen molar-refractivity contribution in [3.05, 3.63) is 41.6 Å². The quantitative estimate of drug-likeness (QED) is 0.939. The molecule has 2 aromatic rings. The number of aryl methyl sites for hydroxylation is 1. The molecule has 5 nitrogen and oxygen atoms in total. The molecule has 1 aliphatic carbocycles. The van der Waals surface area contributed by atoms with Crippen LogP contribution in [0.2, 0.25) is 0 Å². The van der Waals surface area contributed by atoms with E-state index in [-0.39, 0.29) is 5.91 Å². The second-order valence-corrected chi connectivity index (χ2v) is 5.74. The average molecular weight is 299 g/mol. The maximum atomic E-state index is 12.4. The standard InChI is InChI=1S/C17H21N3O2/c1-12-11-16(20(19-12)14-5-3-4-6-14)18-17(21)13-7-9-15(22-2)10-8-13/h7-11,14H,3-6H2,1-2H3,(H,18,21). The minimum Gasteiger partial charge on any atom is -0.497 e. The number of methoxy groups -OCH3 is 1. The first-order valence-corrected chi connectivity index (χ1v) is 7.69. The van der Waals surface area contributed by atoms with Crippen molar-refractivity contribution in [2.75, 3.05) is 12.4 Å². The van der Waals surface area contributed by atoms with E-state index in [0.29, 0.717) is 11.6 Å². The van der Waals surface area contributed by atoms with Crippen molar-refractivity contribution in [1.82, 2.24) is 9.78 Å². The highest BCUT2D eigenvalue weighted by Crippen LogP contribution is 2.32. The van der Waals surface area contributed by atoms with Crippen molar-refractivity contribution in [2.24, 2.45) is 0 Å². The molecule has 5 heteroatoms.